The van der Waals surface area contributed by atoms with Crippen LogP contribution in [-0.4, -0.2) is 40.0 Å². The molecule has 0 radical (unpaired) electrons. The summed E-state index contributed by atoms with van der Waals surface area (Å²) in [4.78, 5) is 31.9. The van der Waals surface area contributed by atoms with Gasteiger partial charge in [-0.3, -0.25) is 9.59 Å². The Labute approximate surface area is 153 Å². The number of aliphatic hydroxyl groups is 1. The molecule has 7 nitrogen and oxygen atoms in total. The topological polar surface area (TPSA) is 107 Å². The second-order valence-corrected chi connectivity index (χ2v) is 6.34. The summed E-state index contributed by atoms with van der Waals surface area (Å²) in [6.07, 6.45) is 0. The van der Waals surface area contributed by atoms with Gasteiger partial charge in [-0.2, -0.15) is 0 Å². The van der Waals surface area contributed by atoms with E-state index in [0.717, 1.165) is 11.1 Å². The maximum atomic E-state index is 12.2. The van der Waals surface area contributed by atoms with Crippen molar-refractivity contribution in [1.29, 1.82) is 0 Å². The van der Waals surface area contributed by atoms with Gasteiger partial charge in [0.2, 0.25) is 0 Å². The zero-order valence-corrected chi connectivity index (χ0v) is 14.4. The lowest BCUT2D eigenvalue weighted by atomic mass is 10.0. The first-order chi connectivity index (χ1) is 12.6. The maximum Gasteiger partial charge on any atom is 0.252 e. The lowest BCUT2D eigenvalue weighted by Crippen LogP contribution is -2.26. The first kappa shape index (κ1) is 16.6. The van der Waals surface area contributed by atoms with Crippen molar-refractivity contribution < 1.29 is 14.7 Å². The predicted molar refractivity (Wildman–Crippen MR) is 97.1 cm³/mol. The highest BCUT2D eigenvalue weighted by atomic mass is 35.5. The van der Waals surface area contributed by atoms with Crippen molar-refractivity contribution in [2.24, 2.45) is 0 Å². The molecular formula is C18H15ClN4O3. The van der Waals surface area contributed by atoms with Crippen molar-refractivity contribution in [2.75, 3.05) is 13.2 Å². The second-order valence-electron chi connectivity index (χ2n) is 5.93. The Balaban J connectivity index is 1.77. The molecule has 1 aliphatic rings. The molecule has 2 amide bonds. The molecule has 1 aromatic heterocycles. The van der Waals surface area contributed by atoms with Crippen LogP contribution in [0.2, 0.25) is 5.02 Å². The number of imidazole rings is 1. The number of carbonyl (C=O) groups excluding carboxylic acids is 2. The van der Waals surface area contributed by atoms with E-state index in [-0.39, 0.29) is 25.0 Å². The van der Waals surface area contributed by atoms with Gasteiger partial charge in [0, 0.05) is 34.8 Å². The molecule has 0 spiro atoms. The largest absolute Gasteiger partial charge is 0.395 e. The van der Waals surface area contributed by atoms with E-state index in [1.54, 1.807) is 30.3 Å². The molecule has 0 unspecified atom stereocenters. The fraction of sp³-hybridized carbons (Fsp3) is 0.167. The third kappa shape index (κ3) is 2.71. The van der Waals surface area contributed by atoms with Gasteiger partial charge in [-0.1, -0.05) is 11.6 Å². The van der Waals surface area contributed by atoms with E-state index < -0.39 is 0 Å². The molecule has 4 rings (SSSR count). The number of fused-ring (bicyclic) bond motifs is 2. The van der Waals surface area contributed by atoms with Gasteiger partial charge in [-0.25, -0.2) is 4.98 Å². The number of aromatic amines is 1. The second kappa shape index (κ2) is 6.44. The van der Waals surface area contributed by atoms with Gasteiger partial charge in [0.1, 0.15) is 5.82 Å². The monoisotopic (exact) mass is 370 g/mol. The van der Waals surface area contributed by atoms with E-state index in [0.29, 0.717) is 39.6 Å². The summed E-state index contributed by atoms with van der Waals surface area (Å²) in [5.74, 6) is 0.0807. The highest BCUT2D eigenvalue weighted by Gasteiger charge is 2.26. The summed E-state index contributed by atoms with van der Waals surface area (Å²) in [5.41, 5.74) is 3.76. The normalized spacial score (nSPS) is 12.9. The number of aromatic nitrogens is 2. The first-order valence-electron chi connectivity index (χ1n) is 8.07. The molecule has 8 heteroatoms. The number of H-pyrrole nitrogens is 1. The number of nitrogens with one attached hydrogen (secondary N) is 3. The Morgan fingerprint density at radius 3 is 2.96 bits per heavy atom. The van der Waals surface area contributed by atoms with Crippen LogP contribution in [0.4, 0.5) is 0 Å². The van der Waals surface area contributed by atoms with E-state index in [9.17, 15) is 9.59 Å². The van der Waals surface area contributed by atoms with Crippen molar-refractivity contribution in [2.45, 2.75) is 6.54 Å². The van der Waals surface area contributed by atoms with Gasteiger partial charge in [0.25, 0.3) is 11.8 Å². The zero-order valence-electron chi connectivity index (χ0n) is 13.6. The van der Waals surface area contributed by atoms with Gasteiger partial charge in [-0.15, -0.1) is 0 Å². The lowest BCUT2D eigenvalue weighted by Gasteiger charge is -2.05. The first-order valence-corrected chi connectivity index (χ1v) is 8.45. The molecule has 0 atom stereocenters. The van der Waals surface area contributed by atoms with Crippen molar-refractivity contribution in [3.63, 3.8) is 0 Å². The van der Waals surface area contributed by atoms with Crippen molar-refractivity contribution in [3.8, 4) is 11.4 Å². The van der Waals surface area contributed by atoms with Crippen LogP contribution in [0.15, 0.2) is 30.3 Å². The number of nitrogens with zero attached hydrogens (tertiary/aromatic N) is 1. The Morgan fingerprint density at radius 1 is 1.31 bits per heavy atom. The zero-order chi connectivity index (χ0) is 18.3. The van der Waals surface area contributed by atoms with Crippen LogP contribution in [0, 0.1) is 0 Å². The molecule has 26 heavy (non-hydrogen) atoms. The van der Waals surface area contributed by atoms with Gasteiger partial charge in [-0.05, 0) is 30.3 Å². The Morgan fingerprint density at radius 2 is 2.15 bits per heavy atom. The number of hydrogen-bond acceptors (Lipinski definition) is 4. The SMILES string of the molecule is O=C(NCCO)c1ccc2[nH]c(-c3ccc(Cl)c4c3C(=O)NC4)nc2c1. The molecule has 0 saturated heterocycles. The number of carbonyl (C=O) groups is 2. The van der Waals surface area contributed by atoms with Crippen LogP contribution in [-0.2, 0) is 6.54 Å². The van der Waals surface area contributed by atoms with E-state index in [1.807, 2.05) is 0 Å². The van der Waals surface area contributed by atoms with Gasteiger partial charge >= 0.3 is 0 Å². The van der Waals surface area contributed by atoms with Crippen LogP contribution in [0.1, 0.15) is 26.3 Å². The number of halogens is 1. The smallest absolute Gasteiger partial charge is 0.252 e. The fourth-order valence-electron chi connectivity index (χ4n) is 3.06. The molecule has 4 N–H and O–H groups in total. The van der Waals surface area contributed by atoms with Crippen molar-refractivity contribution in [3.05, 3.63) is 52.0 Å². The molecule has 132 valence electrons. The Bertz CT molecular complexity index is 1040. The fourth-order valence-corrected chi connectivity index (χ4v) is 3.28. The summed E-state index contributed by atoms with van der Waals surface area (Å²) in [6.45, 7) is 0.467. The average Bonchev–Trinajstić information content (AvgIpc) is 3.24. The molecule has 2 heterocycles. The van der Waals surface area contributed by atoms with Crippen LogP contribution in [0.25, 0.3) is 22.4 Å². The quantitative estimate of drug-likeness (QED) is 0.562. The molecule has 0 bridgehead atoms. The van der Waals surface area contributed by atoms with Crippen molar-refractivity contribution in [1.82, 2.24) is 20.6 Å². The summed E-state index contributed by atoms with van der Waals surface area (Å²) >= 11 is 6.19. The molecule has 3 aromatic rings. The van der Waals surface area contributed by atoms with Crippen LogP contribution in [0.3, 0.4) is 0 Å². The highest BCUT2D eigenvalue weighted by Crippen LogP contribution is 2.33. The molecule has 0 aliphatic carbocycles. The highest BCUT2D eigenvalue weighted by molar-refractivity contribution is 6.32. The number of benzene rings is 2. The molecule has 0 fully saturated rings. The van der Waals surface area contributed by atoms with E-state index in [2.05, 4.69) is 20.6 Å². The standard InChI is InChI=1S/C18H15ClN4O3/c19-12-3-2-10(15-11(12)8-21-18(15)26)16-22-13-4-1-9(7-14(13)23-16)17(25)20-5-6-24/h1-4,7,24H,5-6,8H2,(H,20,25)(H,21,26)(H,22,23). The lowest BCUT2D eigenvalue weighted by molar-refractivity contribution is 0.0942. The summed E-state index contributed by atoms with van der Waals surface area (Å²) < 4.78 is 0. The third-order valence-corrected chi connectivity index (χ3v) is 4.66. The minimum atomic E-state index is -0.280. The Kier molecular flexibility index (Phi) is 4.10. The summed E-state index contributed by atoms with van der Waals surface area (Å²) in [5, 5.41) is 14.7. The van der Waals surface area contributed by atoms with Crippen LogP contribution in [0.5, 0.6) is 0 Å². The molecule has 2 aromatic carbocycles. The van der Waals surface area contributed by atoms with Crippen LogP contribution >= 0.6 is 11.6 Å². The number of hydrogen-bond donors (Lipinski definition) is 4. The minimum absolute atomic E-state index is 0.121. The molecule has 0 saturated carbocycles. The maximum absolute atomic E-state index is 12.2. The number of amides is 2. The number of aliphatic hydroxyl groups excluding tert-OH is 1. The Hall–Kier alpha value is -2.90. The average molecular weight is 371 g/mol. The summed E-state index contributed by atoms with van der Waals surface area (Å²) in [7, 11) is 0. The van der Waals surface area contributed by atoms with Gasteiger partial charge < -0.3 is 20.7 Å². The minimum Gasteiger partial charge on any atom is -0.395 e. The summed E-state index contributed by atoms with van der Waals surface area (Å²) in [6, 6.07) is 8.61. The predicted octanol–water partition coefficient (Wildman–Crippen LogP) is 1.85. The van der Waals surface area contributed by atoms with Crippen LogP contribution < -0.4 is 10.6 Å². The molecule has 1 aliphatic heterocycles. The number of rotatable bonds is 4. The van der Waals surface area contributed by atoms with Crippen molar-refractivity contribution >= 4 is 34.4 Å². The third-order valence-electron chi connectivity index (χ3n) is 4.31. The van der Waals surface area contributed by atoms with E-state index in [1.165, 1.54) is 0 Å². The van der Waals surface area contributed by atoms with Gasteiger partial charge in [0.15, 0.2) is 0 Å². The van der Waals surface area contributed by atoms with E-state index in [4.69, 9.17) is 16.7 Å². The van der Waals surface area contributed by atoms with E-state index >= 15 is 0 Å². The van der Waals surface area contributed by atoms with Gasteiger partial charge in [0.05, 0.1) is 23.2 Å². The molecular weight excluding hydrogens is 356 g/mol.